The first-order valence-electron chi connectivity index (χ1n) is 12.8. The van der Waals surface area contributed by atoms with Gasteiger partial charge in [-0.3, -0.25) is 9.59 Å². The molecule has 3 aliphatic heterocycles. The average Bonchev–Trinajstić information content (AvgIpc) is 3.31. The number of amides is 2. The molecular formula is C28H26ClF2N5O4. The molecule has 1 atom stereocenters. The van der Waals surface area contributed by atoms with Gasteiger partial charge in [-0.15, -0.1) is 0 Å². The van der Waals surface area contributed by atoms with Gasteiger partial charge >= 0.3 is 0 Å². The van der Waals surface area contributed by atoms with Gasteiger partial charge in [0.2, 0.25) is 11.8 Å². The Morgan fingerprint density at radius 3 is 2.77 bits per heavy atom. The van der Waals surface area contributed by atoms with E-state index in [2.05, 4.69) is 27.1 Å². The molecule has 3 N–H and O–H groups in total. The van der Waals surface area contributed by atoms with Gasteiger partial charge < -0.3 is 30.3 Å². The molecule has 3 aliphatic rings. The van der Waals surface area contributed by atoms with E-state index < -0.39 is 34.4 Å². The molecule has 0 saturated carbocycles. The van der Waals surface area contributed by atoms with Crippen molar-refractivity contribution >= 4 is 45.7 Å². The van der Waals surface area contributed by atoms with Crippen LogP contribution < -0.4 is 15.4 Å². The van der Waals surface area contributed by atoms with Crippen molar-refractivity contribution in [3.8, 4) is 22.8 Å². The molecule has 9 nitrogen and oxygen atoms in total. The predicted molar refractivity (Wildman–Crippen MR) is 147 cm³/mol. The number of likely N-dealkylation sites (N-methyl/N-ethyl adjacent to an activating group) is 1. The summed E-state index contributed by atoms with van der Waals surface area (Å²) in [7, 11) is 1.99. The highest BCUT2D eigenvalue weighted by atomic mass is 35.5. The zero-order valence-electron chi connectivity index (χ0n) is 21.6. The van der Waals surface area contributed by atoms with Crippen LogP contribution in [0.4, 0.5) is 20.2 Å². The molecule has 208 valence electrons. The maximum absolute atomic E-state index is 16.2. The van der Waals surface area contributed by atoms with Crippen LogP contribution in [0.15, 0.2) is 36.9 Å². The van der Waals surface area contributed by atoms with Crippen molar-refractivity contribution < 1.29 is 28.2 Å². The summed E-state index contributed by atoms with van der Waals surface area (Å²) < 4.78 is 37.1. The Morgan fingerprint density at radius 1 is 1.32 bits per heavy atom. The molecule has 1 aromatic heterocycles. The van der Waals surface area contributed by atoms with Gasteiger partial charge in [-0.1, -0.05) is 24.2 Å². The lowest BCUT2D eigenvalue weighted by Crippen LogP contribution is -2.73. The van der Waals surface area contributed by atoms with Gasteiger partial charge in [-0.2, -0.15) is 0 Å². The lowest BCUT2D eigenvalue weighted by atomic mass is 9.85. The fourth-order valence-corrected chi connectivity index (χ4v) is 5.94. The predicted octanol–water partition coefficient (Wildman–Crippen LogP) is 4.14. The highest BCUT2D eigenvalue weighted by Crippen LogP contribution is 2.48. The Morgan fingerprint density at radius 2 is 2.10 bits per heavy atom. The molecule has 4 heterocycles. The minimum atomic E-state index is -1.17. The summed E-state index contributed by atoms with van der Waals surface area (Å²) in [4.78, 5) is 33.4. The van der Waals surface area contributed by atoms with Crippen molar-refractivity contribution in [3.05, 3.63) is 53.6 Å². The van der Waals surface area contributed by atoms with Crippen LogP contribution in [0.25, 0.3) is 22.0 Å². The Labute approximate surface area is 233 Å². The summed E-state index contributed by atoms with van der Waals surface area (Å²) in [6, 6.07) is 5.14. The third-order valence-corrected chi connectivity index (χ3v) is 8.21. The molecule has 40 heavy (non-hydrogen) atoms. The first kappa shape index (κ1) is 26.3. The van der Waals surface area contributed by atoms with Crippen LogP contribution in [0.5, 0.6) is 11.6 Å². The monoisotopic (exact) mass is 569 g/mol. The molecule has 2 fully saturated rings. The van der Waals surface area contributed by atoms with E-state index in [0.29, 0.717) is 5.69 Å². The number of phenolic OH excluding ortho intramolecular Hbond substituents is 1. The zero-order chi connectivity index (χ0) is 28.3. The van der Waals surface area contributed by atoms with E-state index in [9.17, 15) is 19.1 Å². The molecule has 1 spiro atoms. The smallest absolute Gasteiger partial charge is 0.253 e. The van der Waals surface area contributed by atoms with Gasteiger partial charge in [-0.25, -0.2) is 13.8 Å². The molecule has 2 amide bonds. The van der Waals surface area contributed by atoms with Crippen LogP contribution in [0.2, 0.25) is 5.02 Å². The Hall–Kier alpha value is -3.96. The largest absolute Gasteiger partial charge is 0.507 e. The van der Waals surface area contributed by atoms with Crippen LogP contribution in [0, 0.1) is 11.6 Å². The van der Waals surface area contributed by atoms with E-state index in [1.165, 1.54) is 29.2 Å². The van der Waals surface area contributed by atoms with Crippen molar-refractivity contribution in [2.24, 2.45) is 0 Å². The highest BCUT2D eigenvalue weighted by molar-refractivity contribution is 6.35. The molecule has 6 rings (SSSR count). The molecule has 12 heteroatoms. The minimum absolute atomic E-state index is 0.0122. The van der Waals surface area contributed by atoms with Crippen molar-refractivity contribution in [3.63, 3.8) is 0 Å². The Balaban J connectivity index is 1.50. The lowest BCUT2D eigenvalue weighted by molar-refractivity contribution is -0.138. The maximum atomic E-state index is 16.2. The van der Waals surface area contributed by atoms with E-state index in [0.717, 1.165) is 25.5 Å². The number of carbonyl (C=O) groups excluding carboxylic acids is 2. The van der Waals surface area contributed by atoms with Gasteiger partial charge in [-0.05, 0) is 50.7 Å². The highest BCUT2D eigenvalue weighted by Gasteiger charge is 2.54. The molecule has 2 aromatic carbocycles. The van der Waals surface area contributed by atoms with Crippen LogP contribution in [0.1, 0.15) is 12.8 Å². The number of likely N-dealkylation sites (tertiary alicyclic amines) is 2. The standard InChI is InChI=1S/C28H26ClF2N5O4/c1-3-19(38)36-12-28(13-36)27(39)33-25-24(34-28)15-10-16(29)20(21-17(30)7-4-8-18(21)37)22(31)23(15)32-26(25)40-11-14-6-5-9-35(14)2/h3-4,7-8,10,14,34,37H,1,5-6,9,11-13H2,2H3,(H,33,39). The SMILES string of the molecule is C=CC(=O)N1CC2(C1)Nc1c(c(OCC3CCCN3C)nc3c(F)c(-c4c(O)cccc4F)c(Cl)cc13)NC2=O. The summed E-state index contributed by atoms with van der Waals surface area (Å²) in [6.07, 6.45) is 3.09. The molecule has 0 aliphatic carbocycles. The topological polar surface area (TPSA) is 107 Å². The zero-order valence-corrected chi connectivity index (χ0v) is 22.3. The van der Waals surface area contributed by atoms with E-state index in [1.807, 2.05) is 7.05 Å². The summed E-state index contributed by atoms with van der Waals surface area (Å²) in [5.41, 5.74) is -1.57. The van der Waals surface area contributed by atoms with E-state index >= 15 is 4.39 Å². The average molecular weight is 570 g/mol. The number of aromatic nitrogens is 1. The number of halogens is 3. The molecule has 1 unspecified atom stereocenters. The number of pyridine rings is 1. The first-order chi connectivity index (χ1) is 19.1. The second-order valence-electron chi connectivity index (χ2n) is 10.4. The van der Waals surface area contributed by atoms with Crippen LogP contribution in [0.3, 0.4) is 0 Å². The number of nitrogens with one attached hydrogen (secondary N) is 2. The van der Waals surface area contributed by atoms with Gasteiger partial charge in [0, 0.05) is 17.0 Å². The minimum Gasteiger partial charge on any atom is -0.507 e. The summed E-state index contributed by atoms with van der Waals surface area (Å²) >= 11 is 6.50. The van der Waals surface area contributed by atoms with Crippen LogP contribution in [-0.2, 0) is 9.59 Å². The van der Waals surface area contributed by atoms with Gasteiger partial charge in [0.15, 0.2) is 11.4 Å². The number of hydrogen-bond acceptors (Lipinski definition) is 7. The summed E-state index contributed by atoms with van der Waals surface area (Å²) in [5, 5.41) is 16.5. The van der Waals surface area contributed by atoms with Gasteiger partial charge in [0.05, 0.1) is 29.4 Å². The van der Waals surface area contributed by atoms with Crippen LogP contribution in [-0.4, -0.2) is 76.6 Å². The number of benzene rings is 2. The third-order valence-electron chi connectivity index (χ3n) is 7.91. The second kappa shape index (κ2) is 9.60. The van der Waals surface area contributed by atoms with E-state index in [4.69, 9.17) is 16.3 Å². The molecule has 2 saturated heterocycles. The Kier molecular flexibility index (Phi) is 6.30. The number of fused-ring (bicyclic) bond motifs is 3. The number of anilines is 2. The number of phenols is 1. The third kappa shape index (κ3) is 4.03. The van der Waals surface area contributed by atoms with Gasteiger partial charge in [0.25, 0.3) is 5.91 Å². The molecule has 3 aromatic rings. The van der Waals surface area contributed by atoms with Crippen molar-refractivity contribution in [1.82, 2.24) is 14.8 Å². The fourth-order valence-electron chi connectivity index (χ4n) is 5.65. The molecule has 0 bridgehead atoms. The molecule has 0 radical (unpaired) electrons. The van der Waals surface area contributed by atoms with Gasteiger partial charge in [0.1, 0.15) is 29.4 Å². The first-order valence-corrected chi connectivity index (χ1v) is 13.2. The van der Waals surface area contributed by atoms with E-state index in [-0.39, 0.29) is 64.7 Å². The number of hydrogen-bond donors (Lipinski definition) is 3. The number of nitrogens with zero attached hydrogens (tertiary/aromatic N) is 3. The van der Waals surface area contributed by atoms with Crippen molar-refractivity contribution in [1.29, 1.82) is 0 Å². The second-order valence-corrected chi connectivity index (χ2v) is 10.8. The quantitative estimate of drug-likeness (QED) is 0.396. The van der Waals surface area contributed by atoms with E-state index in [1.54, 1.807) is 0 Å². The Bertz CT molecular complexity index is 1570. The maximum Gasteiger partial charge on any atom is 0.253 e. The molecular weight excluding hydrogens is 544 g/mol. The number of rotatable bonds is 5. The number of ether oxygens (including phenoxy) is 1. The number of carbonyl (C=O) groups is 2. The fraction of sp³-hybridized carbons (Fsp3) is 0.321. The van der Waals surface area contributed by atoms with Crippen molar-refractivity contribution in [2.45, 2.75) is 24.4 Å². The number of aromatic hydroxyl groups is 1. The van der Waals surface area contributed by atoms with Crippen molar-refractivity contribution in [2.75, 3.05) is 43.9 Å². The normalized spacial score (nSPS) is 19.6. The summed E-state index contributed by atoms with van der Waals surface area (Å²) in [6.45, 7) is 4.78. The lowest BCUT2D eigenvalue weighted by Gasteiger charge is -2.51. The van der Waals surface area contributed by atoms with Crippen LogP contribution >= 0.6 is 11.6 Å². The summed E-state index contributed by atoms with van der Waals surface area (Å²) in [5.74, 6) is -3.02.